The van der Waals surface area contributed by atoms with Crippen molar-refractivity contribution in [1.29, 1.82) is 0 Å². The molecule has 0 radical (unpaired) electrons. The van der Waals surface area contributed by atoms with Gasteiger partial charge in [-0.1, -0.05) is 0 Å². The first-order valence-electron chi connectivity index (χ1n) is 5.55. The monoisotopic (exact) mass is 263 g/mol. The Hall–Kier alpha value is -2.71. The van der Waals surface area contributed by atoms with E-state index in [1.807, 2.05) is 11.5 Å². The molecule has 0 aromatic carbocycles. The maximum atomic E-state index is 10.9. The molecule has 0 bridgehead atoms. The van der Waals surface area contributed by atoms with E-state index in [4.69, 9.17) is 5.73 Å². The van der Waals surface area contributed by atoms with Crippen molar-refractivity contribution in [2.75, 3.05) is 11.1 Å². The van der Waals surface area contributed by atoms with Gasteiger partial charge in [0.05, 0.1) is 11.3 Å². The highest BCUT2D eigenvalue weighted by atomic mass is 16.6. The van der Waals surface area contributed by atoms with Gasteiger partial charge in [-0.15, -0.1) is 0 Å². The summed E-state index contributed by atoms with van der Waals surface area (Å²) >= 11 is 0. The topological polar surface area (TPSA) is 125 Å². The van der Waals surface area contributed by atoms with E-state index in [-0.39, 0.29) is 23.4 Å². The molecule has 9 heteroatoms. The van der Waals surface area contributed by atoms with Gasteiger partial charge < -0.3 is 15.6 Å². The molecular formula is C10H13N7O2. The molecule has 0 aliphatic rings. The lowest BCUT2D eigenvalue weighted by molar-refractivity contribution is -0.383. The van der Waals surface area contributed by atoms with Crippen molar-refractivity contribution < 1.29 is 4.92 Å². The Kier molecular flexibility index (Phi) is 3.55. The van der Waals surface area contributed by atoms with E-state index in [0.717, 1.165) is 0 Å². The Balaban J connectivity index is 2.14. The average molecular weight is 263 g/mol. The third-order valence-corrected chi connectivity index (χ3v) is 2.46. The SMILES string of the molecule is CC(Cn1ccnc1)Nc1ncnc(N)c1[N+](=O)[O-]. The zero-order valence-electron chi connectivity index (χ0n) is 10.2. The fraction of sp³-hybridized carbons (Fsp3) is 0.300. The van der Waals surface area contributed by atoms with Crippen LogP contribution in [0.4, 0.5) is 17.3 Å². The lowest BCUT2D eigenvalue weighted by atomic mass is 10.3. The van der Waals surface area contributed by atoms with Crippen LogP contribution in [-0.2, 0) is 6.54 Å². The van der Waals surface area contributed by atoms with Crippen molar-refractivity contribution in [3.8, 4) is 0 Å². The van der Waals surface area contributed by atoms with Crippen LogP contribution in [0.1, 0.15) is 6.92 Å². The van der Waals surface area contributed by atoms with Crippen LogP contribution >= 0.6 is 0 Å². The fourth-order valence-electron chi connectivity index (χ4n) is 1.67. The van der Waals surface area contributed by atoms with Crippen molar-refractivity contribution in [3.05, 3.63) is 35.2 Å². The molecule has 2 heterocycles. The summed E-state index contributed by atoms with van der Waals surface area (Å²) in [4.78, 5) is 21.7. The highest BCUT2D eigenvalue weighted by molar-refractivity contribution is 5.67. The predicted octanol–water partition coefficient (Wildman–Crippen LogP) is 0.664. The maximum absolute atomic E-state index is 10.9. The third kappa shape index (κ3) is 2.94. The second-order valence-electron chi connectivity index (χ2n) is 4.02. The number of nitrogens with two attached hydrogens (primary N) is 1. The van der Waals surface area contributed by atoms with Crippen LogP contribution in [0.5, 0.6) is 0 Å². The molecule has 0 aliphatic carbocycles. The molecule has 2 rings (SSSR count). The van der Waals surface area contributed by atoms with Gasteiger partial charge in [0.15, 0.2) is 0 Å². The molecule has 1 atom stereocenters. The normalized spacial score (nSPS) is 12.1. The highest BCUT2D eigenvalue weighted by Crippen LogP contribution is 2.26. The number of anilines is 2. The zero-order chi connectivity index (χ0) is 13.8. The molecule has 19 heavy (non-hydrogen) atoms. The highest BCUT2D eigenvalue weighted by Gasteiger charge is 2.21. The van der Waals surface area contributed by atoms with E-state index in [2.05, 4.69) is 20.3 Å². The Morgan fingerprint density at radius 2 is 2.37 bits per heavy atom. The van der Waals surface area contributed by atoms with Gasteiger partial charge in [-0.25, -0.2) is 15.0 Å². The van der Waals surface area contributed by atoms with Gasteiger partial charge in [-0.2, -0.15) is 0 Å². The van der Waals surface area contributed by atoms with E-state index in [1.165, 1.54) is 6.33 Å². The number of nitrogens with zero attached hydrogens (tertiary/aromatic N) is 5. The van der Waals surface area contributed by atoms with Crippen LogP contribution in [-0.4, -0.2) is 30.5 Å². The summed E-state index contributed by atoms with van der Waals surface area (Å²) < 4.78 is 1.86. The van der Waals surface area contributed by atoms with Gasteiger partial charge in [0.2, 0.25) is 11.6 Å². The summed E-state index contributed by atoms with van der Waals surface area (Å²) in [5, 5.41) is 13.9. The fourth-order valence-corrected chi connectivity index (χ4v) is 1.67. The minimum Gasteiger partial charge on any atom is -0.378 e. The van der Waals surface area contributed by atoms with Gasteiger partial charge in [0.25, 0.3) is 0 Å². The number of hydrogen-bond acceptors (Lipinski definition) is 7. The number of imidazole rings is 1. The smallest absolute Gasteiger partial charge is 0.352 e. The molecule has 9 nitrogen and oxygen atoms in total. The minimum absolute atomic E-state index is 0.0813. The first-order valence-corrected chi connectivity index (χ1v) is 5.55. The van der Waals surface area contributed by atoms with Crippen LogP contribution in [0.3, 0.4) is 0 Å². The summed E-state index contributed by atoms with van der Waals surface area (Å²) in [6.07, 6.45) is 6.33. The quantitative estimate of drug-likeness (QED) is 0.599. The Morgan fingerprint density at radius 1 is 1.58 bits per heavy atom. The zero-order valence-corrected chi connectivity index (χ0v) is 10.2. The van der Waals surface area contributed by atoms with Crippen molar-refractivity contribution in [3.63, 3.8) is 0 Å². The third-order valence-electron chi connectivity index (χ3n) is 2.46. The molecule has 2 aromatic rings. The van der Waals surface area contributed by atoms with Gasteiger partial charge in [-0.3, -0.25) is 10.1 Å². The van der Waals surface area contributed by atoms with Crippen LogP contribution in [0, 0.1) is 10.1 Å². The summed E-state index contributed by atoms with van der Waals surface area (Å²) in [5.74, 6) is -0.0394. The summed E-state index contributed by atoms with van der Waals surface area (Å²) in [6.45, 7) is 2.48. The second-order valence-corrected chi connectivity index (χ2v) is 4.02. The molecule has 3 N–H and O–H groups in total. The average Bonchev–Trinajstić information content (AvgIpc) is 2.81. The van der Waals surface area contributed by atoms with E-state index in [1.54, 1.807) is 18.7 Å². The van der Waals surface area contributed by atoms with Crippen molar-refractivity contribution >= 4 is 17.3 Å². The molecule has 0 amide bonds. The lowest BCUT2D eigenvalue weighted by Gasteiger charge is -2.14. The first-order chi connectivity index (χ1) is 9.08. The molecule has 1 unspecified atom stereocenters. The Bertz CT molecular complexity index is 569. The van der Waals surface area contributed by atoms with E-state index in [0.29, 0.717) is 6.54 Å². The number of nitrogen functional groups attached to an aromatic ring is 1. The van der Waals surface area contributed by atoms with E-state index < -0.39 is 4.92 Å². The van der Waals surface area contributed by atoms with Crippen LogP contribution in [0.15, 0.2) is 25.0 Å². The number of rotatable bonds is 5. The molecular weight excluding hydrogens is 250 g/mol. The molecule has 0 fully saturated rings. The number of aromatic nitrogens is 4. The minimum atomic E-state index is -0.596. The standard InChI is InChI=1S/C10H13N7O2/c1-7(4-16-3-2-12-6-16)15-10-8(17(18)19)9(11)13-5-14-10/h2-3,5-7H,4H2,1H3,(H3,11,13,14,15). The van der Waals surface area contributed by atoms with E-state index >= 15 is 0 Å². The summed E-state index contributed by atoms with van der Waals surface area (Å²) in [7, 11) is 0. The number of nitro groups is 1. The molecule has 0 saturated heterocycles. The maximum Gasteiger partial charge on any atom is 0.352 e. The number of nitrogens with one attached hydrogen (secondary N) is 1. The molecule has 2 aromatic heterocycles. The van der Waals surface area contributed by atoms with Gasteiger partial charge in [-0.05, 0) is 6.92 Å². The van der Waals surface area contributed by atoms with Gasteiger partial charge in [0.1, 0.15) is 6.33 Å². The second kappa shape index (κ2) is 5.29. The molecule has 0 saturated carbocycles. The molecule has 0 aliphatic heterocycles. The summed E-state index contributed by atoms with van der Waals surface area (Å²) in [5.41, 5.74) is 5.18. The molecule has 100 valence electrons. The van der Waals surface area contributed by atoms with Crippen molar-refractivity contribution in [2.45, 2.75) is 19.5 Å². The van der Waals surface area contributed by atoms with Crippen LogP contribution in [0.25, 0.3) is 0 Å². The summed E-state index contributed by atoms with van der Waals surface area (Å²) in [6, 6.07) is -0.0813. The first kappa shape index (κ1) is 12.7. The predicted molar refractivity (Wildman–Crippen MR) is 68.4 cm³/mol. The van der Waals surface area contributed by atoms with E-state index in [9.17, 15) is 10.1 Å². The van der Waals surface area contributed by atoms with Gasteiger partial charge >= 0.3 is 5.69 Å². The number of hydrogen-bond donors (Lipinski definition) is 2. The Morgan fingerprint density at radius 3 is 3.00 bits per heavy atom. The Labute approximate surface area is 108 Å². The van der Waals surface area contributed by atoms with Crippen LogP contribution in [0.2, 0.25) is 0 Å². The van der Waals surface area contributed by atoms with Crippen molar-refractivity contribution in [2.24, 2.45) is 0 Å². The lowest BCUT2D eigenvalue weighted by Crippen LogP contribution is -2.23. The van der Waals surface area contributed by atoms with Gasteiger partial charge in [0, 0.05) is 25.0 Å². The largest absolute Gasteiger partial charge is 0.378 e. The molecule has 0 spiro atoms. The van der Waals surface area contributed by atoms with Crippen LogP contribution < -0.4 is 11.1 Å². The van der Waals surface area contributed by atoms with Crippen molar-refractivity contribution in [1.82, 2.24) is 19.5 Å².